The van der Waals surface area contributed by atoms with Crippen LogP contribution in [0.25, 0.3) is 0 Å². The number of fused-ring (bicyclic) bond motifs is 1. The molecule has 1 aliphatic carbocycles. The van der Waals surface area contributed by atoms with Gasteiger partial charge in [-0.1, -0.05) is 26.2 Å². The van der Waals surface area contributed by atoms with Gasteiger partial charge >= 0.3 is 0 Å². The normalized spacial score (nSPS) is 23.1. The lowest BCUT2D eigenvalue weighted by molar-refractivity contribution is -0.00282. The van der Waals surface area contributed by atoms with Crippen molar-refractivity contribution in [2.24, 2.45) is 0 Å². The maximum absolute atomic E-state index is 13.7. The van der Waals surface area contributed by atoms with Crippen molar-refractivity contribution in [1.29, 1.82) is 0 Å². The fourth-order valence-corrected chi connectivity index (χ4v) is 3.98. The third-order valence-electron chi connectivity index (χ3n) is 5.19. The molecule has 1 saturated carbocycles. The molecule has 1 aromatic rings. The number of hydrogen-bond donors (Lipinski definition) is 1. The second-order valence-electron chi connectivity index (χ2n) is 6.95. The first-order valence-corrected chi connectivity index (χ1v) is 8.94. The van der Waals surface area contributed by atoms with E-state index in [9.17, 15) is 4.39 Å². The molecule has 1 spiro atoms. The zero-order valence-corrected chi connectivity index (χ0v) is 13.7. The minimum absolute atomic E-state index is 0.0223. The Morgan fingerprint density at radius 2 is 2.05 bits per heavy atom. The number of nitrogens with one attached hydrogen (secondary N) is 1. The Kier molecular flexibility index (Phi) is 5.02. The Bertz CT molecular complexity index is 496. The summed E-state index contributed by atoms with van der Waals surface area (Å²) in [5, 5.41) is 3.66. The molecule has 22 heavy (non-hydrogen) atoms. The van der Waals surface area contributed by atoms with E-state index in [4.69, 9.17) is 4.74 Å². The summed E-state index contributed by atoms with van der Waals surface area (Å²) in [5.41, 5.74) is 0.985. The van der Waals surface area contributed by atoms with E-state index in [1.807, 2.05) is 6.07 Å². The van der Waals surface area contributed by atoms with Crippen molar-refractivity contribution in [2.45, 2.75) is 76.4 Å². The SMILES string of the molecule is CCCCCNC1CC2(CCCCC2)Oc2ccc(F)cc21. The lowest BCUT2D eigenvalue weighted by Crippen LogP contribution is -2.45. The van der Waals surface area contributed by atoms with Crippen LogP contribution in [-0.2, 0) is 0 Å². The molecule has 1 unspecified atom stereocenters. The molecule has 2 nitrogen and oxygen atoms in total. The van der Waals surface area contributed by atoms with E-state index in [2.05, 4.69) is 12.2 Å². The molecule has 0 saturated heterocycles. The summed E-state index contributed by atoms with van der Waals surface area (Å²) < 4.78 is 20.0. The molecule has 0 aromatic heterocycles. The van der Waals surface area contributed by atoms with Crippen LogP contribution in [0.5, 0.6) is 5.75 Å². The number of halogens is 1. The van der Waals surface area contributed by atoms with Gasteiger partial charge in [0.15, 0.2) is 0 Å². The number of unbranched alkanes of at least 4 members (excludes halogenated alkanes) is 2. The van der Waals surface area contributed by atoms with Crippen molar-refractivity contribution in [2.75, 3.05) is 6.54 Å². The Labute approximate surface area is 133 Å². The smallest absolute Gasteiger partial charge is 0.125 e. The Morgan fingerprint density at radius 3 is 2.82 bits per heavy atom. The highest BCUT2D eigenvalue weighted by Crippen LogP contribution is 2.46. The van der Waals surface area contributed by atoms with E-state index in [-0.39, 0.29) is 17.5 Å². The molecule has 1 atom stereocenters. The largest absolute Gasteiger partial charge is 0.487 e. The van der Waals surface area contributed by atoms with E-state index >= 15 is 0 Å². The van der Waals surface area contributed by atoms with Crippen molar-refractivity contribution in [3.8, 4) is 5.75 Å². The van der Waals surface area contributed by atoms with E-state index in [1.165, 1.54) is 44.6 Å². The highest BCUT2D eigenvalue weighted by atomic mass is 19.1. The van der Waals surface area contributed by atoms with Gasteiger partial charge in [-0.05, 0) is 56.8 Å². The number of rotatable bonds is 5. The number of ether oxygens (including phenoxy) is 1. The molecule has 0 bridgehead atoms. The van der Waals surface area contributed by atoms with Gasteiger partial charge in [-0.3, -0.25) is 0 Å². The summed E-state index contributed by atoms with van der Waals surface area (Å²) in [5.74, 6) is 0.727. The summed E-state index contributed by atoms with van der Waals surface area (Å²) in [6.45, 7) is 3.22. The van der Waals surface area contributed by atoms with Crippen LogP contribution < -0.4 is 10.1 Å². The summed E-state index contributed by atoms with van der Waals surface area (Å²) in [6.07, 6.45) is 10.7. The lowest BCUT2D eigenvalue weighted by Gasteiger charge is -2.44. The maximum Gasteiger partial charge on any atom is 0.125 e. The van der Waals surface area contributed by atoms with Gasteiger partial charge in [0.25, 0.3) is 0 Å². The van der Waals surface area contributed by atoms with Gasteiger partial charge in [-0.25, -0.2) is 4.39 Å². The first kappa shape index (κ1) is 15.8. The minimum Gasteiger partial charge on any atom is -0.487 e. The molecule has 3 rings (SSSR count). The molecule has 1 heterocycles. The lowest BCUT2D eigenvalue weighted by atomic mass is 9.77. The molecular weight excluding hydrogens is 277 g/mol. The zero-order chi connectivity index (χ0) is 15.4. The molecule has 1 N–H and O–H groups in total. The van der Waals surface area contributed by atoms with Gasteiger partial charge in [0.1, 0.15) is 17.2 Å². The van der Waals surface area contributed by atoms with Crippen LogP contribution in [0.15, 0.2) is 18.2 Å². The number of benzene rings is 1. The van der Waals surface area contributed by atoms with Crippen LogP contribution in [0.2, 0.25) is 0 Å². The highest BCUT2D eigenvalue weighted by molar-refractivity contribution is 5.39. The minimum atomic E-state index is -0.165. The topological polar surface area (TPSA) is 21.3 Å². The molecule has 0 radical (unpaired) electrons. The Hall–Kier alpha value is -1.09. The summed E-state index contributed by atoms with van der Waals surface area (Å²) in [4.78, 5) is 0. The van der Waals surface area contributed by atoms with Crippen LogP contribution in [-0.4, -0.2) is 12.1 Å². The maximum atomic E-state index is 13.7. The molecule has 3 heteroatoms. The zero-order valence-electron chi connectivity index (χ0n) is 13.7. The fraction of sp³-hybridized carbons (Fsp3) is 0.684. The van der Waals surface area contributed by atoms with Gasteiger partial charge in [-0.15, -0.1) is 0 Å². The summed E-state index contributed by atoms with van der Waals surface area (Å²) >= 11 is 0. The predicted octanol–water partition coefficient (Wildman–Crippen LogP) is 5.13. The third kappa shape index (κ3) is 3.45. The Morgan fingerprint density at radius 1 is 1.23 bits per heavy atom. The summed E-state index contributed by atoms with van der Waals surface area (Å²) in [7, 11) is 0. The predicted molar refractivity (Wildman–Crippen MR) is 87.7 cm³/mol. The van der Waals surface area contributed by atoms with Crippen molar-refractivity contribution in [3.05, 3.63) is 29.6 Å². The van der Waals surface area contributed by atoms with Crippen LogP contribution in [0.3, 0.4) is 0 Å². The molecule has 0 amide bonds. The van der Waals surface area contributed by atoms with Crippen LogP contribution in [0, 0.1) is 5.82 Å². The van der Waals surface area contributed by atoms with Gasteiger partial charge < -0.3 is 10.1 Å². The first-order chi connectivity index (χ1) is 10.7. The standard InChI is InChI=1S/C19H28FNO/c1-2-3-7-12-21-17-14-19(10-5-4-6-11-19)22-18-9-8-15(20)13-16(17)18/h8-9,13,17,21H,2-7,10-12,14H2,1H3. The molecule has 1 fully saturated rings. The number of hydrogen-bond acceptors (Lipinski definition) is 2. The van der Waals surface area contributed by atoms with Gasteiger partial charge in [0, 0.05) is 18.0 Å². The quantitative estimate of drug-likeness (QED) is 0.761. The van der Waals surface area contributed by atoms with E-state index in [1.54, 1.807) is 6.07 Å². The van der Waals surface area contributed by atoms with Gasteiger partial charge in [0.05, 0.1) is 0 Å². The third-order valence-corrected chi connectivity index (χ3v) is 5.19. The average molecular weight is 305 g/mol. The second kappa shape index (κ2) is 6.99. The summed E-state index contributed by atoms with van der Waals surface area (Å²) in [6, 6.07) is 5.23. The highest BCUT2D eigenvalue weighted by Gasteiger charge is 2.41. The van der Waals surface area contributed by atoms with Gasteiger partial charge in [0.2, 0.25) is 0 Å². The van der Waals surface area contributed by atoms with Crippen molar-refractivity contribution in [3.63, 3.8) is 0 Å². The molecule has 2 aliphatic rings. The van der Waals surface area contributed by atoms with E-state index in [0.29, 0.717) is 0 Å². The van der Waals surface area contributed by atoms with Crippen molar-refractivity contribution >= 4 is 0 Å². The van der Waals surface area contributed by atoms with Crippen molar-refractivity contribution in [1.82, 2.24) is 5.32 Å². The monoisotopic (exact) mass is 305 g/mol. The van der Waals surface area contributed by atoms with Crippen LogP contribution in [0.1, 0.15) is 76.3 Å². The molecular formula is C19H28FNO. The molecule has 1 aliphatic heterocycles. The fourth-order valence-electron chi connectivity index (χ4n) is 3.98. The van der Waals surface area contributed by atoms with Crippen molar-refractivity contribution < 1.29 is 9.13 Å². The van der Waals surface area contributed by atoms with Gasteiger partial charge in [-0.2, -0.15) is 0 Å². The average Bonchev–Trinajstić information content (AvgIpc) is 2.53. The first-order valence-electron chi connectivity index (χ1n) is 8.94. The molecule has 1 aromatic carbocycles. The van der Waals surface area contributed by atoms with E-state index in [0.717, 1.165) is 37.1 Å². The second-order valence-corrected chi connectivity index (χ2v) is 6.95. The van der Waals surface area contributed by atoms with E-state index < -0.39 is 0 Å². The van der Waals surface area contributed by atoms with Crippen LogP contribution >= 0.6 is 0 Å². The Balaban J connectivity index is 1.78. The molecule has 122 valence electrons. The van der Waals surface area contributed by atoms with Crippen LogP contribution in [0.4, 0.5) is 4.39 Å².